The molecule has 39 heavy (non-hydrogen) atoms. The zero-order valence-electron chi connectivity index (χ0n) is 25.5. The first-order valence-corrected chi connectivity index (χ1v) is 14.1. The van der Waals surface area contributed by atoms with E-state index in [4.69, 9.17) is 8.83 Å². The Bertz CT molecular complexity index is 1300. The molecule has 7 atom stereocenters. The predicted octanol–water partition coefficient (Wildman–Crippen LogP) is 5.47. The number of allylic oxidation sites excluding steroid dienone is 1. The van der Waals surface area contributed by atoms with Crippen molar-refractivity contribution < 1.29 is 24.2 Å². The normalized spacial score (nSPS) is 17.8. The number of rotatable bonds is 11. The third-order valence-corrected chi connectivity index (χ3v) is 8.43. The second-order valence-electron chi connectivity index (χ2n) is 11.3. The van der Waals surface area contributed by atoms with Crippen LogP contribution in [0.5, 0.6) is 0 Å². The lowest BCUT2D eigenvalue weighted by molar-refractivity contribution is 0.0212. The molecule has 0 fully saturated rings. The van der Waals surface area contributed by atoms with Crippen LogP contribution in [-0.2, 0) is 6.42 Å². The zero-order chi connectivity index (χ0) is 29.9. The molecular weight excluding hydrogens is 496 g/mol. The van der Waals surface area contributed by atoms with Crippen molar-refractivity contribution in [1.82, 2.24) is 0 Å². The van der Waals surface area contributed by atoms with Gasteiger partial charge in [-0.25, -0.2) is 0 Å². The van der Waals surface area contributed by atoms with E-state index in [2.05, 4.69) is 0 Å². The summed E-state index contributed by atoms with van der Waals surface area (Å²) >= 11 is 0. The highest BCUT2D eigenvalue weighted by atomic mass is 16.4. The maximum atomic E-state index is 13.0. The molecule has 0 spiro atoms. The standard InChI is InChI=1S/C32H48O7/c1-12-24(33)17(5)31-22(10)29(37)23(11)32(39-31)21(9)28(36)19(7)26(34)15(3)14-16(4)30-20(8)27(35)18(6)25(13-2)38-30/h14,16-17,19,21,24,26,28,33-34,36H,12-13H2,1-11H3. The molecule has 7 heteroatoms. The third-order valence-electron chi connectivity index (χ3n) is 8.43. The molecule has 0 aliphatic carbocycles. The second-order valence-corrected chi connectivity index (χ2v) is 11.3. The van der Waals surface area contributed by atoms with Gasteiger partial charge in [-0.05, 0) is 46.6 Å². The molecule has 3 N–H and O–H groups in total. The molecule has 2 heterocycles. The van der Waals surface area contributed by atoms with Crippen molar-refractivity contribution in [2.45, 2.75) is 125 Å². The Morgan fingerprint density at radius 1 is 0.769 bits per heavy atom. The van der Waals surface area contributed by atoms with Gasteiger partial charge in [0.05, 0.1) is 18.3 Å². The van der Waals surface area contributed by atoms with E-state index in [0.717, 1.165) is 0 Å². The summed E-state index contributed by atoms with van der Waals surface area (Å²) < 4.78 is 12.3. The van der Waals surface area contributed by atoms with Crippen LogP contribution in [0.1, 0.15) is 118 Å². The highest BCUT2D eigenvalue weighted by Gasteiger charge is 2.33. The average molecular weight is 545 g/mol. The van der Waals surface area contributed by atoms with Crippen LogP contribution < -0.4 is 10.9 Å². The Hall–Kier alpha value is -2.48. The fourth-order valence-electron chi connectivity index (χ4n) is 5.53. The summed E-state index contributed by atoms with van der Waals surface area (Å²) in [6.45, 7) is 19.8. The minimum atomic E-state index is -1.02. The monoisotopic (exact) mass is 544 g/mol. The van der Waals surface area contributed by atoms with Gasteiger partial charge in [-0.15, -0.1) is 0 Å². The molecule has 7 nitrogen and oxygen atoms in total. The van der Waals surface area contributed by atoms with Gasteiger partial charge in [0.25, 0.3) is 0 Å². The minimum absolute atomic E-state index is 0.0285. The van der Waals surface area contributed by atoms with Crippen molar-refractivity contribution in [3.8, 4) is 0 Å². The average Bonchev–Trinajstić information content (AvgIpc) is 2.92. The van der Waals surface area contributed by atoms with E-state index in [1.165, 1.54) is 0 Å². The van der Waals surface area contributed by atoms with Gasteiger partial charge in [-0.2, -0.15) is 0 Å². The van der Waals surface area contributed by atoms with Crippen LogP contribution in [0.15, 0.2) is 30.1 Å². The van der Waals surface area contributed by atoms with Crippen LogP contribution in [0.3, 0.4) is 0 Å². The van der Waals surface area contributed by atoms with Gasteiger partial charge in [0, 0.05) is 52.3 Å². The maximum Gasteiger partial charge on any atom is 0.191 e. The highest BCUT2D eigenvalue weighted by Crippen LogP contribution is 2.33. The van der Waals surface area contributed by atoms with Gasteiger partial charge in [-0.1, -0.05) is 47.6 Å². The lowest BCUT2D eigenvalue weighted by Gasteiger charge is -2.30. The highest BCUT2D eigenvalue weighted by molar-refractivity contribution is 5.32. The topological polar surface area (TPSA) is 121 Å². The number of hydrogen-bond acceptors (Lipinski definition) is 7. The molecule has 2 aromatic rings. The van der Waals surface area contributed by atoms with Crippen LogP contribution in [0.2, 0.25) is 0 Å². The van der Waals surface area contributed by atoms with E-state index in [-0.39, 0.29) is 22.7 Å². The van der Waals surface area contributed by atoms with Crippen molar-refractivity contribution in [1.29, 1.82) is 0 Å². The summed E-state index contributed by atoms with van der Waals surface area (Å²) in [5.41, 5.74) is 2.50. The van der Waals surface area contributed by atoms with Crippen molar-refractivity contribution in [3.05, 3.63) is 77.4 Å². The second kappa shape index (κ2) is 13.2. The first-order chi connectivity index (χ1) is 18.1. The van der Waals surface area contributed by atoms with Crippen molar-refractivity contribution >= 4 is 0 Å². The Morgan fingerprint density at radius 3 is 1.77 bits per heavy atom. The molecule has 0 aliphatic rings. The number of hydrogen-bond donors (Lipinski definition) is 3. The smallest absolute Gasteiger partial charge is 0.191 e. The molecule has 7 unspecified atom stereocenters. The van der Waals surface area contributed by atoms with Crippen molar-refractivity contribution in [3.63, 3.8) is 0 Å². The summed E-state index contributed by atoms with van der Waals surface area (Å²) in [4.78, 5) is 25.7. The van der Waals surface area contributed by atoms with Gasteiger partial charge in [0.1, 0.15) is 23.0 Å². The van der Waals surface area contributed by atoms with Crippen LogP contribution in [0.25, 0.3) is 0 Å². The molecule has 0 amide bonds. The Balaban J connectivity index is 2.38. The van der Waals surface area contributed by atoms with Gasteiger partial charge >= 0.3 is 0 Å². The predicted molar refractivity (Wildman–Crippen MR) is 155 cm³/mol. The zero-order valence-corrected chi connectivity index (χ0v) is 25.5. The summed E-state index contributed by atoms with van der Waals surface area (Å²) in [5, 5.41) is 32.9. The molecule has 0 aliphatic heterocycles. The number of aryl methyl sites for hydroxylation is 1. The van der Waals surface area contributed by atoms with Gasteiger partial charge in [0.15, 0.2) is 10.9 Å². The van der Waals surface area contributed by atoms with E-state index in [0.29, 0.717) is 63.7 Å². The van der Waals surface area contributed by atoms with Crippen LogP contribution in [0.4, 0.5) is 0 Å². The van der Waals surface area contributed by atoms with E-state index >= 15 is 0 Å². The maximum absolute atomic E-state index is 13.0. The van der Waals surface area contributed by atoms with Crippen LogP contribution in [0, 0.1) is 33.6 Å². The molecule has 2 rings (SSSR count). The molecule has 0 radical (unpaired) electrons. The molecule has 0 bridgehead atoms. The molecule has 0 saturated carbocycles. The molecule has 0 aromatic carbocycles. The Labute approximate surface area is 232 Å². The number of aliphatic hydroxyl groups excluding tert-OH is 3. The molecule has 218 valence electrons. The quantitative estimate of drug-likeness (QED) is 0.321. The summed E-state index contributed by atoms with van der Waals surface area (Å²) in [5.74, 6) is 0.215. The lowest BCUT2D eigenvalue weighted by atomic mass is 9.83. The third kappa shape index (κ3) is 6.64. The minimum Gasteiger partial charge on any atom is -0.465 e. The largest absolute Gasteiger partial charge is 0.465 e. The van der Waals surface area contributed by atoms with E-state index in [9.17, 15) is 24.9 Å². The number of aliphatic hydroxyl groups is 3. The SMILES string of the molecule is CCc1oc(C(C)C=C(C)C(O)C(C)C(O)C(C)c2oc(C(C)C(O)CC)c(C)c(=O)c2C)c(C)c(=O)c1C. The van der Waals surface area contributed by atoms with E-state index in [1.807, 2.05) is 33.8 Å². The van der Waals surface area contributed by atoms with E-state index in [1.54, 1.807) is 48.5 Å². The van der Waals surface area contributed by atoms with E-state index < -0.39 is 30.1 Å². The molecule has 0 saturated heterocycles. The van der Waals surface area contributed by atoms with Crippen molar-refractivity contribution in [2.75, 3.05) is 0 Å². The summed E-state index contributed by atoms with van der Waals surface area (Å²) in [6, 6.07) is 0. The van der Waals surface area contributed by atoms with Crippen LogP contribution >= 0.6 is 0 Å². The summed E-state index contributed by atoms with van der Waals surface area (Å²) in [6.07, 6.45) is 0.332. The molecule has 2 aromatic heterocycles. The van der Waals surface area contributed by atoms with Gasteiger partial charge in [-0.3, -0.25) is 9.59 Å². The summed E-state index contributed by atoms with van der Waals surface area (Å²) in [7, 11) is 0. The fourth-order valence-corrected chi connectivity index (χ4v) is 5.53. The fraction of sp³-hybridized carbons (Fsp3) is 0.625. The first-order valence-electron chi connectivity index (χ1n) is 14.1. The van der Waals surface area contributed by atoms with Crippen LogP contribution in [-0.4, -0.2) is 33.6 Å². The Kier molecular flexibility index (Phi) is 11.1. The first kappa shape index (κ1) is 32.7. The Morgan fingerprint density at radius 2 is 1.26 bits per heavy atom. The van der Waals surface area contributed by atoms with Crippen molar-refractivity contribution in [2.24, 2.45) is 5.92 Å². The lowest BCUT2D eigenvalue weighted by Crippen LogP contribution is -2.35. The molecular formula is C32H48O7. The van der Waals surface area contributed by atoms with Gasteiger partial charge in [0.2, 0.25) is 0 Å². The van der Waals surface area contributed by atoms with Gasteiger partial charge < -0.3 is 24.2 Å².